The maximum Gasteiger partial charge on any atom is 0.272 e. The van der Waals surface area contributed by atoms with E-state index in [1.165, 1.54) is 7.11 Å². The molecule has 0 radical (unpaired) electrons. The van der Waals surface area contributed by atoms with Crippen LogP contribution in [0.1, 0.15) is 5.56 Å². The van der Waals surface area contributed by atoms with Gasteiger partial charge in [-0.05, 0) is 19.1 Å². The van der Waals surface area contributed by atoms with Crippen LogP contribution in [0.4, 0.5) is 11.4 Å². The third-order valence-corrected chi connectivity index (χ3v) is 2.39. The fourth-order valence-electron chi connectivity index (χ4n) is 1.46. The summed E-state index contributed by atoms with van der Waals surface area (Å²) in [6, 6.07) is 7.51. The summed E-state index contributed by atoms with van der Waals surface area (Å²) in [5.41, 5.74) is 1.02. The predicted molar refractivity (Wildman–Crippen MR) is 62.4 cm³/mol. The average Bonchev–Trinajstić information content (AvgIpc) is 2.30. The summed E-state index contributed by atoms with van der Waals surface area (Å²) in [6.45, 7) is 1.97. The minimum absolute atomic E-state index is 0.102. The van der Waals surface area contributed by atoms with Crippen LogP contribution >= 0.6 is 0 Å². The molecule has 0 aromatic heterocycles. The summed E-state index contributed by atoms with van der Waals surface area (Å²) in [6.07, 6.45) is 0. The van der Waals surface area contributed by atoms with Crippen molar-refractivity contribution in [2.45, 2.75) is 6.92 Å². The van der Waals surface area contributed by atoms with E-state index in [2.05, 4.69) is 5.32 Å². The first-order valence-electron chi connectivity index (χ1n) is 4.84. The van der Waals surface area contributed by atoms with Crippen LogP contribution < -0.4 is 20.9 Å². The molecule has 0 heterocycles. The van der Waals surface area contributed by atoms with Crippen molar-refractivity contribution in [3.8, 4) is 5.75 Å². The van der Waals surface area contributed by atoms with E-state index in [1.54, 1.807) is 0 Å². The number of ether oxygens (including phenoxy) is 1. The zero-order valence-electron chi connectivity index (χ0n) is 9.03. The van der Waals surface area contributed by atoms with E-state index in [0.717, 1.165) is 11.3 Å². The van der Waals surface area contributed by atoms with Gasteiger partial charge in [0.1, 0.15) is 5.69 Å². The molecule has 0 amide bonds. The van der Waals surface area contributed by atoms with E-state index < -0.39 is 10.9 Å². The molecular weight excluding hydrogens is 206 g/mol. The summed E-state index contributed by atoms with van der Waals surface area (Å²) in [7, 11) is 1.37. The van der Waals surface area contributed by atoms with Gasteiger partial charge in [-0.2, -0.15) is 0 Å². The number of benzene rings is 1. The minimum atomic E-state index is -0.572. The summed E-state index contributed by atoms with van der Waals surface area (Å²) in [5, 5.41) is 2.87. The van der Waals surface area contributed by atoms with E-state index in [9.17, 15) is 9.59 Å². The fourth-order valence-corrected chi connectivity index (χ4v) is 1.46. The molecule has 0 atom stereocenters. The van der Waals surface area contributed by atoms with Crippen molar-refractivity contribution in [3.05, 3.63) is 50.3 Å². The van der Waals surface area contributed by atoms with Gasteiger partial charge >= 0.3 is 0 Å². The summed E-state index contributed by atoms with van der Waals surface area (Å²) in [4.78, 5) is 22.3. The Labute approximate surface area is 92.2 Å². The van der Waals surface area contributed by atoms with Gasteiger partial charge in [-0.3, -0.25) is 9.59 Å². The molecule has 0 spiro atoms. The highest BCUT2D eigenvalue weighted by atomic mass is 16.5. The van der Waals surface area contributed by atoms with Gasteiger partial charge in [0.25, 0.3) is 10.9 Å². The molecule has 0 bridgehead atoms. The predicted octanol–water partition coefficient (Wildman–Crippen LogP) is 1.34. The molecular formula is C12H11NO3. The molecule has 1 N–H and O–H groups in total. The Bertz CT molecular complexity index is 577. The first kappa shape index (κ1) is 10.4. The summed E-state index contributed by atoms with van der Waals surface area (Å²) >= 11 is 0. The van der Waals surface area contributed by atoms with Gasteiger partial charge in [-0.25, -0.2) is 0 Å². The number of rotatable bonds is 3. The molecule has 16 heavy (non-hydrogen) atoms. The topological polar surface area (TPSA) is 55.4 Å². The quantitative estimate of drug-likeness (QED) is 0.788. The van der Waals surface area contributed by atoms with Crippen molar-refractivity contribution in [1.29, 1.82) is 0 Å². The summed E-state index contributed by atoms with van der Waals surface area (Å²) < 4.78 is 4.82. The number of anilines is 2. The van der Waals surface area contributed by atoms with Crippen LogP contribution in [0.5, 0.6) is 5.75 Å². The first-order chi connectivity index (χ1) is 7.63. The largest absolute Gasteiger partial charge is 0.491 e. The molecule has 0 unspecified atom stereocenters. The molecule has 2 aromatic carbocycles. The Morgan fingerprint density at radius 1 is 1.06 bits per heavy atom. The lowest BCUT2D eigenvalue weighted by atomic mass is 10.2. The molecule has 82 valence electrons. The molecule has 0 aliphatic rings. The standard InChI is InChI=1S/C12H11NO3/c1-7-3-5-8(6-4-7)13-9-10(14)11(15)12(9)16-2/h3-6,13H,1-2H3. The Balaban J connectivity index is 2.28. The highest BCUT2D eigenvalue weighted by Crippen LogP contribution is 2.22. The second kappa shape index (κ2) is 3.81. The molecule has 2 rings (SSSR count). The summed E-state index contributed by atoms with van der Waals surface area (Å²) in [5.74, 6) is 0.102. The van der Waals surface area contributed by atoms with Crippen LogP contribution in [0.2, 0.25) is 0 Å². The van der Waals surface area contributed by atoms with E-state index in [-0.39, 0.29) is 11.4 Å². The van der Waals surface area contributed by atoms with Crippen LogP contribution in [-0.2, 0) is 0 Å². The SMILES string of the molecule is COc1c(Nc2ccc(C)cc2)c(=O)c1=O. The van der Waals surface area contributed by atoms with Crippen LogP contribution in [0.25, 0.3) is 0 Å². The minimum Gasteiger partial charge on any atom is -0.491 e. The van der Waals surface area contributed by atoms with Crippen molar-refractivity contribution >= 4 is 11.4 Å². The van der Waals surface area contributed by atoms with E-state index in [4.69, 9.17) is 4.74 Å². The molecule has 0 saturated heterocycles. The van der Waals surface area contributed by atoms with E-state index >= 15 is 0 Å². The van der Waals surface area contributed by atoms with Crippen molar-refractivity contribution in [2.75, 3.05) is 12.4 Å². The normalized spacial score (nSPS) is 10.4. The Hall–Kier alpha value is -2.10. The Kier molecular flexibility index (Phi) is 2.48. The van der Waals surface area contributed by atoms with Gasteiger partial charge in [0.05, 0.1) is 7.11 Å². The van der Waals surface area contributed by atoms with Crippen molar-refractivity contribution in [1.82, 2.24) is 0 Å². The third kappa shape index (κ3) is 1.58. The molecule has 0 aliphatic heterocycles. The highest BCUT2D eigenvalue weighted by molar-refractivity contribution is 5.69. The van der Waals surface area contributed by atoms with Gasteiger partial charge in [0.15, 0.2) is 5.75 Å². The van der Waals surface area contributed by atoms with Crippen molar-refractivity contribution < 1.29 is 4.74 Å². The first-order valence-corrected chi connectivity index (χ1v) is 4.84. The second-order valence-corrected chi connectivity index (χ2v) is 3.56. The number of hydrogen-bond donors (Lipinski definition) is 1. The Morgan fingerprint density at radius 2 is 1.69 bits per heavy atom. The van der Waals surface area contributed by atoms with E-state index in [1.807, 2.05) is 31.2 Å². The van der Waals surface area contributed by atoms with Gasteiger partial charge < -0.3 is 10.1 Å². The monoisotopic (exact) mass is 217 g/mol. The van der Waals surface area contributed by atoms with Gasteiger partial charge in [-0.15, -0.1) is 0 Å². The molecule has 4 heteroatoms. The van der Waals surface area contributed by atoms with Gasteiger partial charge in [0.2, 0.25) is 0 Å². The highest BCUT2D eigenvalue weighted by Gasteiger charge is 2.21. The zero-order chi connectivity index (χ0) is 11.7. The van der Waals surface area contributed by atoms with E-state index in [0.29, 0.717) is 0 Å². The van der Waals surface area contributed by atoms with Crippen LogP contribution in [0.15, 0.2) is 33.9 Å². The molecule has 4 nitrogen and oxygen atoms in total. The smallest absolute Gasteiger partial charge is 0.272 e. The maximum atomic E-state index is 11.3. The van der Waals surface area contributed by atoms with Gasteiger partial charge in [-0.1, -0.05) is 17.7 Å². The lowest BCUT2D eigenvalue weighted by molar-refractivity contribution is 0.408. The fraction of sp³-hybridized carbons (Fsp3) is 0.167. The van der Waals surface area contributed by atoms with Crippen LogP contribution in [-0.4, -0.2) is 7.11 Å². The second-order valence-electron chi connectivity index (χ2n) is 3.56. The van der Waals surface area contributed by atoms with Crippen molar-refractivity contribution in [3.63, 3.8) is 0 Å². The third-order valence-electron chi connectivity index (χ3n) is 2.39. The van der Waals surface area contributed by atoms with Gasteiger partial charge in [0, 0.05) is 5.69 Å². The average molecular weight is 217 g/mol. The molecule has 2 aromatic rings. The number of nitrogens with one attached hydrogen (secondary N) is 1. The molecule has 0 aliphatic carbocycles. The number of hydrogen-bond acceptors (Lipinski definition) is 4. The lowest BCUT2D eigenvalue weighted by Gasteiger charge is -2.11. The lowest BCUT2D eigenvalue weighted by Crippen LogP contribution is -2.34. The number of aryl methyl sites for hydroxylation is 1. The van der Waals surface area contributed by atoms with Crippen molar-refractivity contribution in [2.24, 2.45) is 0 Å². The Morgan fingerprint density at radius 3 is 2.25 bits per heavy atom. The number of methoxy groups -OCH3 is 1. The molecule has 0 fully saturated rings. The van der Waals surface area contributed by atoms with Crippen LogP contribution in [0, 0.1) is 6.92 Å². The molecule has 0 saturated carbocycles. The zero-order valence-corrected chi connectivity index (χ0v) is 9.03. The van der Waals surface area contributed by atoms with Crippen LogP contribution in [0.3, 0.4) is 0 Å². The maximum absolute atomic E-state index is 11.3.